The Morgan fingerprint density at radius 2 is 2.13 bits per heavy atom. The SMILES string of the molecule is Nc1ccnc2c1nc1n2[C@@H]2O[C@H](COS(=O)(=O)NC(=O)CCCC#C1)[C@@H](O)[C@H]2O. The van der Waals surface area contributed by atoms with Crippen LogP contribution in [0.15, 0.2) is 12.3 Å². The number of rotatable bonds is 0. The number of nitrogens with zero attached hydrogens (tertiary/aromatic N) is 3. The van der Waals surface area contributed by atoms with Crippen LogP contribution < -0.4 is 10.5 Å². The van der Waals surface area contributed by atoms with E-state index in [-0.39, 0.29) is 24.3 Å². The zero-order valence-electron chi connectivity index (χ0n) is 15.6. The number of amides is 1. The average Bonchev–Trinajstić information content (AvgIpc) is 3.18. The van der Waals surface area contributed by atoms with Crippen molar-refractivity contribution in [2.24, 2.45) is 0 Å². The van der Waals surface area contributed by atoms with Crippen molar-refractivity contribution in [2.45, 2.75) is 43.8 Å². The van der Waals surface area contributed by atoms with Gasteiger partial charge in [0, 0.05) is 19.0 Å². The molecule has 2 aromatic rings. The number of fused-ring (bicyclic) bond motifs is 6. The highest BCUT2D eigenvalue weighted by molar-refractivity contribution is 7.85. The highest BCUT2D eigenvalue weighted by Gasteiger charge is 2.46. The van der Waals surface area contributed by atoms with Gasteiger partial charge in [-0.2, -0.15) is 8.42 Å². The van der Waals surface area contributed by atoms with Crippen molar-refractivity contribution < 1.29 is 32.3 Å². The molecular weight excluding hydrogens is 418 g/mol. The molecule has 30 heavy (non-hydrogen) atoms. The standard InChI is InChI=1S/C17H19N5O7S/c18-9-6-7-19-16-13(9)20-11-4-2-1-3-5-12(23)21-30(26,27)28-8-10-14(24)15(25)17(29-10)22(11)16/h6-7,10,14-15,17,24-25H,1,3,5,8H2,(H2,18,19)(H,21,23)/t10-,14-,15-,17-/m1/s1. The number of nitrogens with one attached hydrogen (secondary N) is 1. The number of hydrogen-bond acceptors (Lipinski definition) is 10. The molecule has 12 nitrogen and oxygen atoms in total. The fourth-order valence-corrected chi connectivity index (χ4v) is 4.03. The Kier molecular flexibility index (Phi) is 5.35. The number of carbonyl (C=O) groups excluding carboxylic acids is 1. The molecule has 13 heteroatoms. The third kappa shape index (κ3) is 3.83. The minimum Gasteiger partial charge on any atom is -0.397 e. The number of imidazole rings is 1. The van der Waals surface area contributed by atoms with Crippen LogP contribution in [0.1, 0.15) is 31.3 Å². The lowest BCUT2D eigenvalue weighted by Crippen LogP contribution is -2.37. The monoisotopic (exact) mass is 437 g/mol. The predicted molar refractivity (Wildman–Crippen MR) is 102 cm³/mol. The largest absolute Gasteiger partial charge is 0.397 e. The van der Waals surface area contributed by atoms with Crippen molar-refractivity contribution in [2.75, 3.05) is 12.3 Å². The number of pyridine rings is 1. The number of nitrogen functional groups attached to an aromatic ring is 1. The number of nitrogens with two attached hydrogens (primary N) is 1. The number of aromatic nitrogens is 3. The summed E-state index contributed by atoms with van der Waals surface area (Å²) in [4.78, 5) is 20.4. The van der Waals surface area contributed by atoms with Gasteiger partial charge in [0.2, 0.25) is 5.91 Å². The predicted octanol–water partition coefficient (Wildman–Crippen LogP) is -1.45. The van der Waals surface area contributed by atoms with Gasteiger partial charge in [-0.05, 0) is 18.4 Å². The molecular formula is C17H19N5O7S. The molecule has 2 aromatic heterocycles. The van der Waals surface area contributed by atoms with E-state index >= 15 is 0 Å². The van der Waals surface area contributed by atoms with Gasteiger partial charge in [0.15, 0.2) is 17.7 Å². The van der Waals surface area contributed by atoms with E-state index in [9.17, 15) is 23.4 Å². The molecule has 4 atom stereocenters. The Bertz CT molecular complexity index is 1150. The fourth-order valence-electron chi connectivity index (χ4n) is 3.27. The first kappa shape index (κ1) is 20.5. The minimum absolute atomic E-state index is 0.0773. The number of ether oxygens (including phenoxy) is 1. The summed E-state index contributed by atoms with van der Waals surface area (Å²) in [6, 6.07) is 1.56. The molecule has 0 aromatic carbocycles. The molecule has 4 rings (SSSR count). The molecule has 5 N–H and O–H groups in total. The molecule has 0 spiro atoms. The molecule has 0 radical (unpaired) electrons. The topological polar surface area (TPSA) is 179 Å². The van der Waals surface area contributed by atoms with Gasteiger partial charge in [-0.15, -0.1) is 0 Å². The van der Waals surface area contributed by atoms with Crippen LogP contribution in [0.5, 0.6) is 0 Å². The van der Waals surface area contributed by atoms with Crippen LogP contribution in [0, 0.1) is 11.8 Å². The molecule has 2 aliphatic rings. The Hall–Kier alpha value is -2.76. The maximum Gasteiger partial charge on any atom is 0.362 e. The molecule has 160 valence electrons. The van der Waals surface area contributed by atoms with Crippen LogP contribution in [0.3, 0.4) is 0 Å². The Balaban J connectivity index is 1.79. The average molecular weight is 437 g/mol. The van der Waals surface area contributed by atoms with E-state index in [0.29, 0.717) is 17.6 Å². The highest BCUT2D eigenvalue weighted by Crippen LogP contribution is 2.34. The number of carbonyl (C=O) groups is 1. The van der Waals surface area contributed by atoms with Crippen molar-refractivity contribution in [3.63, 3.8) is 0 Å². The summed E-state index contributed by atoms with van der Waals surface area (Å²) in [6.07, 6.45) is -3.35. The number of hydrogen-bond donors (Lipinski definition) is 4. The zero-order valence-corrected chi connectivity index (χ0v) is 16.4. The van der Waals surface area contributed by atoms with Gasteiger partial charge < -0.3 is 20.7 Å². The molecule has 0 unspecified atom stereocenters. The maximum absolute atomic E-state index is 11.9. The van der Waals surface area contributed by atoms with E-state index in [1.54, 1.807) is 10.8 Å². The number of anilines is 1. The van der Waals surface area contributed by atoms with E-state index in [2.05, 4.69) is 21.8 Å². The third-order valence-electron chi connectivity index (χ3n) is 4.73. The van der Waals surface area contributed by atoms with E-state index in [1.165, 1.54) is 10.8 Å². The second kappa shape index (κ2) is 7.82. The maximum atomic E-state index is 11.9. The molecule has 1 amide bonds. The molecule has 1 fully saturated rings. The van der Waals surface area contributed by atoms with Crippen LogP contribution in [-0.4, -0.2) is 64.0 Å². The van der Waals surface area contributed by atoms with Gasteiger partial charge in [-0.1, -0.05) is 5.92 Å². The first-order valence-corrected chi connectivity index (χ1v) is 10.5. The molecule has 0 saturated carbocycles. The van der Waals surface area contributed by atoms with E-state index in [1.807, 2.05) is 0 Å². The van der Waals surface area contributed by atoms with Crippen molar-refractivity contribution in [1.82, 2.24) is 19.3 Å². The second-order valence-electron chi connectivity index (χ2n) is 6.84. The van der Waals surface area contributed by atoms with Crippen molar-refractivity contribution >= 4 is 33.1 Å². The van der Waals surface area contributed by atoms with Crippen LogP contribution in [0.25, 0.3) is 11.2 Å². The summed E-state index contributed by atoms with van der Waals surface area (Å²) in [5, 5.41) is 20.9. The van der Waals surface area contributed by atoms with Crippen LogP contribution in [-0.2, 0) is 24.0 Å². The summed E-state index contributed by atoms with van der Waals surface area (Å²) in [7, 11) is -4.40. The lowest BCUT2D eigenvalue weighted by atomic mass is 10.1. The number of aliphatic hydroxyl groups is 2. The van der Waals surface area contributed by atoms with Crippen molar-refractivity contribution in [3.05, 3.63) is 18.1 Å². The molecule has 4 heterocycles. The highest BCUT2D eigenvalue weighted by atomic mass is 32.2. The fraction of sp³-hybridized carbons (Fsp3) is 0.471. The van der Waals surface area contributed by atoms with Crippen LogP contribution >= 0.6 is 0 Å². The Morgan fingerprint density at radius 1 is 1.33 bits per heavy atom. The minimum atomic E-state index is -4.40. The molecule has 0 aliphatic carbocycles. The van der Waals surface area contributed by atoms with E-state index < -0.39 is 47.4 Å². The first-order chi connectivity index (χ1) is 14.3. The summed E-state index contributed by atoms with van der Waals surface area (Å²) in [5.41, 5.74) is 6.94. The molecule has 2 aliphatic heterocycles. The summed E-state index contributed by atoms with van der Waals surface area (Å²) < 4.78 is 37.5. The van der Waals surface area contributed by atoms with Gasteiger partial charge in [0.1, 0.15) is 23.8 Å². The van der Waals surface area contributed by atoms with Gasteiger partial charge in [-0.25, -0.2) is 14.7 Å². The van der Waals surface area contributed by atoms with E-state index in [4.69, 9.17) is 14.7 Å². The van der Waals surface area contributed by atoms with Crippen molar-refractivity contribution in [3.8, 4) is 11.8 Å². The smallest absolute Gasteiger partial charge is 0.362 e. The number of aliphatic hydroxyl groups excluding tert-OH is 2. The van der Waals surface area contributed by atoms with Gasteiger partial charge in [0.05, 0.1) is 12.3 Å². The summed E-state index contributed by atoms with van der Waals surface area (Å²) in [5.74, 6) is 5.15. The van der Waals surface area contributed by atoms with Crippen LogP contribution in [0.4, 0.5) is 5.69 Å². The normalized spacial score (nSPS) is 29.2. The lowest BCUT2D eigenvalue weighted by Gasteiger charge is -2.18. The second-order valence-corrected chi connectivity index (χ2v) is 8.19. The molecule has 2 bridgehead atoms. The molecule has 1 saturated heterocycles. The van der Waals surface area contributed by atoms with Gasteiger partial charge >= 0.3 is 10.3 Å². The van der Waals surface area contributed by atoms with Crippen LogP contribution in [0.2, 0.25) is 0 Å². The summed E-state index contributed by atoms with van der Waals surface area (Å²) in [6.45, 7) is -0.624. The first-order valence-electron chi connectivity index (χ1n) is 9.10. The lowest BCUT2D eigenvalue weighted by molar-refractivity contribution is -0.119. The van der Waals surface area contributed by atoms with Gasteiger partial charge in [0.25, 0.3) is 0 Å². The quantitative estimate of drug-likeness (QED) is 0.356. The summed E-state index contributed by atoms with van der Waals surface area (Å²) >= 11 is 0. The third-order valence-corrected chi connectivity index (χ3v) is 5.66. The zero-order chi connectivity index (χ0) is 21.5. The Morgan fingerprint density at radius 3 is 2.93 bits per heavy atom. The van der Waals surface area contributed by atoms with Crippen molar-refractivity contribution in [1.29, 1.82) is 0 Å². The Labute approximate surface area is 171 Å². The van der Waals surface area contributed by atoms with Gasteiger partial charge in [-0.3, -0.25) is 13.5 Å². The van der Waals surface area contributed by atoms with E-state index in [0.717, 1.165) is 0 Å².